The quantitative estimate of drug-likeness (QED) is 0.817. The van der Waals surface area contributed by atoms with E-state index >= 15 is 0 Å². The van der Waals surface area contributed by atoms with E-state index in [1.54, 1.807) is 25.6 Å². The maximum absolute atomic E-state index is 11.1. The molecule has 0 aliphatic heterocycles. The van der Waals surface area contributed by atoms with Crippen LogP contribution in [0.15, 0.2) is 23.1 Å². The summed E-state index contributed by atoms with van der Waals surface area (Å²) in [6.07, 6.45) is 2.60. The molecule has 0 saturated carbocycles. The first kappa shape index (κ1) is 13.1. The van der Waals surface area contributed by atoms with Crippen molar-refractivity contribution in [2.24, 2.45) is 5.41 Å². The highest BCUT2D eigenvalue weighted by molar-refractivity contribution is 7.98. The van der Waals surface area contributed by atoms with E-state index in [4.69, 9.17) is 5.11 Å². The molecule has 16 heavy (non-hydrogen) atoms. The zero-order valence-corrected chi connectivity index (χ0v) is 11.0. The average Bonchev–Trinajstić information content (AvgIpc) is 2.21. The second kappa shape index (κ2) is 4.91. The van der Waals surface area contributed by atoms with Gasteiger partial charge in [0.1, 0.15) is 0 Å². The largest absolute Gasteiger partial charge is 0.481 e. The van der Waals surface area contributed by atoms with Gasteiger partial charge in [-0.15, -0.1) is 11.8 Å². The monoisotopic (exact) mass is 238 g/mol. The van der Waals surface area contributed by atoms with Gasteiger partial charge in [-0.25, -0.2) is 0 Å². The molecule has 0 fully saturated rings. The standard InChI is InChI=1S/C13H18O2S/c1-9-5-6-11(16-4)7-10(9)8-13(2,3)12(14)15/h5-7H,8H2,1-4H3,(H,14,15). The Morgan fingerprint density at radius 3 is 2.56 bits per heavy atom. The molecule has 3 heteroatoms. The number of benzene rings is 1. The second-order valence-corrected chi connectivity index (χ2v) is 5.54. The number of thioether (sulfide) groups is 1. The number of aryl methyl sites for hydroxylation is 1. The zero-order chi connectivity index (χ0) is 12.3. The van der Waals surface area contributed by atoms with Crippen molar-refractivity contribution in [1.82, 2.24) is 0 Å². The van der Waals surface area contributed by atoms with Gasteiger partial charge in [-0.05, 0) is 56.7 Å². The van der Waals surface area contributed by atoms with E-state index in [9.17, 15) is 4.79 Å². The number of hydrogen-bond acceptors (Lipinski definition) is 2. The van der Waals surface area contributed by atoms with Gasteiger partial charge in [0.15, 0.2) is 0 Å². The number of carbonyl (C=O) groups is 1. The molecule has 88 valence electrons. The zero-order valence-electron chi connectivity index (χ0n) is 10.2. The molecule has 0 saturated heterocycles. The van der Waals surface area contributed by atoms with Gasteiger partial charge >= 0.3 is 5.97 Å². The SMILES string of the molecule is CSc1ccc(C)c(CC(C)(C)C(=O)O)c1. The van der Waals surface area contributed by atoms with Crippen LogP contribution in [0.1, 0.15) is 25.0 Å². The minimum Gasteiger partial charge on any atom is -0.481 e. The molecule has 0 atom stereocenters. The van der Waals surface area contributed by atoms with E-state index in [0.717, 1.165) is 11.1 Å². The number of rotatable bonds is 4. The van der Waals surface area contributed by atoms with Gasteiger partial charge in [0.05, 0.1) is 5.41 Å². The van der Waals surface area contributed by atoms with Gasteiger partial charge < -0.3 is 5.11 Å². The maximum Gasteiger partial charge on any atom is 0.309 e. The first-order chi connectivity index (χ1) is 7.36. The van der Waals surface area contributed by atoms with Gasteiger partial charge in [-0.2, -0.15) is 0 Å². The fourth-order valence-corrected chi connectivity index (χ4v) is 1.98. The Morgan fingerprint density at radius 2 is 2.06 bits per heavy atom. The van der Waals surface area contributed by atoms with Crippen molar-refractivity contribution in [3.63, 3.8) is 0 Å². The van der Waals surface area contributed by atoms with Gasteiger partial charge in [-0.3, -0.25) is 4.79 Å². The summed E-state index contributed by atoms with van der Waals surface area (Å²) in [6.45, 7) is 5.55. The Morgan fingerprint density at radius 1 is 1.44 bits per heavy atom. The molecule has 0 radical (unpaired) electrons. The fraction of sp³-hybridized carbons (Fsp3) is 0.462. The molecular weight excluding hydrogens is 220 g/mol. The highest BCUT2D eigenvalue weighted by atomic mass is 32.2. The first-order valence-corrected chi connectivity index (χ1v) is 6.46. The minimum atomic E-state index is -0.749. The molecule has 0 amide bonds. The lowest BCUT2D eigenvalue weighted by Gasteiger charge is -2.20. The molecule has 0 aliphatic rings. The topological polar surface area (TPSA) is 37.3 Å². The number of carboxylic acid groups (broad SMARTS) is 1. The summed E-state index contributed by atoms with van der Waals surface area (Å²) >= 11 is 1.68. The van der Waals surface area contributed by atoms with Gasteiger partial charge in [0.25, 0.3) is 0 Å². The third kappa shape index (κ3) is 3.01. The van der Waals surface area contributed by atoms with Crippen LogP contribution in [0.3, 0.4) is 0 Å². The van der Waals surface area contributed by atoms with Gasteiger partial charge in [0.2, 0.25) is 0 Å². The predicted octanol–water partition coefficient (Wildman–Crippen LogP) is 3.37. The number of hydrogen-bond donors (Lipinski definition) is 1. The first-order valence-electron chi connectivity index (χ1n) is 5.24. The minimum absolute atomic E-state index is 0.572. The lowest BCUT2D eigenvalue weighted by Crippen LogP contribution is -2.26. The Kier molecular flexibility index (Phi) is 4.03. The van der Waals surface area contributed by atoms with Crippen LogP contribution in [-0.4, -0.2) is 17.3 Å². The van der Waals surface area contributed by atoms with Crippen molar-refractivity contribution >= 4 is 17.7 Å². The molecule has 1 aromatic carbocycles. The van der Waals surface area contributed by atoms with Crippen LogP contribution < -0.4 is 0 Å². The third-order valence-electron chi connectivity index (χ3n) is 2.77. The Hall–Kier alpha value is -0.960. The molecule has 1 N–H and O–H groups in total. The summed E-state index contributed by atoms with van der Waals surface area (Å²) in [7, 11) is 0. The Labute approximate surface area is 101 Å². The van der Waals surface area contributed by atoms with Crippen LogP contribution in [0.4, 0.5) is 0 Å². The lowest BCUT2D eigenvalue weighted by molar-refractivity contribution is -0.146. The summed E-state index contributed by atoms with van der Waals surface area (Å²) in [5, 5.41) is 9.11. The van der Waals surface area contributed by atoms with Crippen LogP contribution in [0, 0.1) is 12.3 Å². The molecule has 0 heterocycles. The second-order valence-electron chi connectivity index (χ2n) is 4.66. The lowest BCUT2D eigenvalue weighted by atomic mass is 9.84. The van der Waals surface area contributed by atoms with Crippen molar-refractivity contribution in [3.05, 3.63) is 29.3 Å². The molecule has 0 aliphatic carbocycles. The summed E-state index contributed by atoms with van der Waals surface area (Å²) in [5.41, 5.74) is 1.58. The van der Waals surface area contributed by atoms with E-state index in [1.165, 1.54) is 4.90 Å². The fourth-order valence-electron chi connectivity index (χ4n) is 1.52. The van der Waals surface area contributed by atoms with Crippen LogP contribution in [0.25, 0.3) is 0 Å². The highest BCUT2D eigenvalue weighted by Gasteiger charge is 2.27. The van der Waals surface area contributed by atoms with Gasteiger partial charge in [-0.1, -0.05) is 6.07 Å². The average molecular weight is 238 g/mol. The number of aliphatic carboxylic acids is 1. The Balaban J connectivity index is 3.00. The molecule has 0 aromatic heterocycles. The van der Waals surface area contributed by atoms with Crippen molar-refractivity contribution in [3.8, 4) is 0 Å². The van der Waals surface area contributed by atoms with E-state index in [0.29, 0.717) is 6.42 Å². The smallest absolute Gasteiger partial charge is 0.309 e. The summed E-state index contributed by atoms with van der Waals surface area (Å²) in [4.78, 5) is 12.3. The van der Waals surface area contributed by atoms with Crippen LogP contribution in [0.5, 0.6) is 0 Å². The summed E-state index contributed by atoms with van der Waals surface area (Å²) in [6, 6.07) is 6.21. The number of carboxylic acids is 1. The maximum atomic E-state index is 11.1. The molecule has 0 spiro atoms. The molecule has 1 aromatic rings. The normalized spacial score (nSPS) is 11.5. The molecule has 2 nitrogen and oxygen atoms in total. The molecular formula is C13H18O2S. The van der Waals surface area contributed by atoms with Crippen LogP contribution in [0.2, 0.25) is 0 Å². The summed E-state index contributed by atoms with van der Waals surface area (Å²) < 4.78 is 0. The van der Waals surface area contributed by atoms with Gasteiger partial charge in [0, 0.05) is 4.90 Å². The Bertz CT molecular complexity index is 397. The van der Waals surface area contributed by atoms with E-state index in [-0.39, 0.29) is 0 Å². The van der Waals surface area contributed by atoms with E-state index < -0.39 is 11.4 Å². The molecule has 0 bridgehead atoms. The third-order valence-corrected chi connectivity index (χ3v) is 3.49. The van der Waals surface area contributed by atoms with Crippen molar-refractivity contribution in [1.29, 1.82) is 0 Å². The van der Waals surface area contributed by atoms with Crippen LogP contribution >= 0.6 is 11.8 Å². The highest BCUT2D eigenvalue weighted by Crippen LogP contribution is 2.27. The molecule has 1 rings (SSSR count). The van der Waals surface area contributed by atoms with Crippen molar-refractivity contribution < 1.29 is 9.90 Å². The van der Waals surface area contributed by atoms with Crippen molar-refractivity contribution in [2.45, 2.75) is 32.1 Å². The van der Waals surface area contributed by atoms with E-state index in [1.807, 2.05) is 13.2 Å². The predicted molar refractivity (Wildman–Crippen MR) is 68.1 cm³/mol. The molecule has 0 unspecified atom stereocenters. The van der Waals surface area contributed by atoms with E-state index in [2.05, 4.69) is 18.2 Å². The van der Waals surface area contributed by atoms with Crippen molar-refractivity contribution in [2.75, 3.05) is 6.26 Å². The summed E-state index contributed by atoms with van der Waals surface area (Å²) in [5.74, 6) is -0.749. The van der Waals surface area contributed by atoms with Crippen LogP contribution in [-0.2, 0) is 11.2 Å².